The molecule has 4 heteroatoms. The Morgan fingerprint density at radius 2 is 2.33 bits per heavy atom. The van der Waals surface area contributed by atoms with Gasteiger partial charge >= 0.3 is 0 Å². The summed E-state index contributed by atoms with van der Waals surface area (Å²) >= 11 is 1.61. The number of rotatable bonds is 4. The minimum atomic E-state index is 0.231. The van der Waals surface area contributed by atoms with Crippen LogP contribution < -0.4 is 0 Å². The van der Waals surface area contributed by atoms with Gasteiger partial charge in [-0.2, -0.15) is 5.26 Å². The van der Waals surface area contributed by atoms with Crippen LogP contribution in [0.4, 0.5) is 5.00 Å². The summed E-state index contributed by atoms with van der Waals surface area (Å²) in [6.07, 6.45) is 7.16. The minimum absolute atomic E-state index is 0.231. The Morgan fingerprint density at radius 3 is 3.08 bits per heavy atom. The number of hydrogen-bond donors (Lipinski definition) is 1. The average Bonchev–Trinajstić information content (AvgIpc) is 2.92. The van der Waals surface area contributed by atoms with E-state index in [0.29, 0.717) is 23.5 Å². The standard InChI is InChI=1S/C20H20N2OS/c1-3-5-14-6-4-7-15(19(14)23)12-22-20-17(11-21)16-9-8-13(2)10-18(16)24-20/h3-4,6-7,12-13,23H,1,5,8-10H2,2H3/b22-12+/t13-/m1/s1. The molecule has 1 N–H and O–H groups in total. The lowest BCUT2D eigenvalue weighted by atomic mass is 9.89. The van der Waals surface area contributed by atoms with E-state index in [2.05, 4.69) is 24.6 Å². The predicted molar refractivity (Wildman–Crippen MR) is 99.5 cm³/mol. The molecule has 1 atom stereocenters. The number of thiophene rings is 1. The summed E-state index contributed by atoms with van der Waals surface area (Å²) < 4.78 is 0. The topological polar surface area (TPSA) is 56.4 Å². The van der Waals surface area contributed by atoms with Crippen LogP contribution in [0.15, 0.2) is 35.8 Å². The number of para-hydroxylation sites is 1. The number of benzene rings is 1. The highest BCUT2D eigenvalue weighted by Crippen LogP contribution is 2.40. The van der Waals surface area contributed by atoms with Crippen LogP contribution in [-0.4, -0.2) is 11.3 Å². The van der Waals surface area contributed by atoms with Gasteiger partial charge in [0.15, 0.2) is 0 Å². The van der Waals surface area contributed by atoms with E-state index in [1.165, 1.54) is 10.4 Å². The van der Waals surface area contributed by atoms with E-state index in [1.807, 2.05) is 18.2 Å². The van der Waals surface area contributed by atoms with Gasteiger partial charge in [0.25, 0.3) is 0 Å². The fraction of sp³-hybridized carbons (Fsp3) is 0.300. The van der Waals surface area contributed by atoms with Gasteiger partial charge in [-0.1, -0.05) is 25.1 Å². The van der Waals surface area contributed by atoms with Gasteiger partial charge in [-0.3, -0.25) is 0 Å². The van der Waals surface area contributed by atoms with Gasteiger partial charge in [0.05, 0.1) is 5.56 Å². The zero-order valence-corrected chi connectivity index (χ0v) is 14.6. The first kappa shape index (κ1) is 16.5. The predicted octanol–water partition coefficient (Wildman–Crippen LogP) is 4.93. The van der Waals surface area contributed by atoms with Crippen LogP contribution in [0, 0.1) is 17.2 Å². The largest absolute Gasteiger partial charge is 0.507 e. The van der Waals surface area contributed by atoms with Gasteiger partial charge in [-0.25, -0.2) is 4.99 Å². The summed E-state index contributed by atoms with van der Waals surface area (Å²) in [4.78, 5) is 5.82. The first-order chi connectivity index (χ1) is 11.6. The Bertz CT molecular complexity index is 842. The molecule has 0 bridgehead atoms. The maximum Gasteiger partial charge on any atom is 0.134 e. The normalized spacial score (nSPS) is 16.8. The van der Waals surface area contributed by atoms with Crippen LogP contribution >= 0.6 is 11.3 Å². The third-order valence-corrected chi connectivity index (χ3v) is 5.60. The number of allylic oxidation sites excluding steroid dienone is 1. The van der Waals surface area contributed by atoms with Crippen molar-refractivity contribution in [3.63, 3.8) is 0 Å². The second-order valence-corrected chi connectivity index (χ2v) is 7.33. The van der Waals surface area contributed by atoms with Crippen LogP contribution in [-0.2, 0) is 19.3 Å². The highest BCUT2D eigenvalue weighted by Gasteiger charge is 2.23. The smallest absolute Gasteiger partial charge is 0.134 e. The van der Waals surface area contributed by atoms with Gasteiger partial charge in [0.2, 0.25) is 0 Å². The maximum atomic E-state index is 10.3. The maximum absolute atomic E-state index is 10.3. The summed E-state index contributed by atoms with van der Waals surface area (Å²) in [5.74, 6) is 0.897. The summed E-state index contributed by atoms with van der Waals surface area (Å²) in [5.41, 5.74) is 3.38. The van der Waals surface area contributed by atoms with Gasteiger partial charge in [0.1, 0.15) is 16.8 Å². The van der Waals surface area contributed by atoms with Crippen molar-refractivity contribution in [1.82, 2.24) is 0 Å². The molecule has 0 spiro atoms. The molecule has 0 saturated carbocycles. The Kier molecular flexibility index (Phi) is 4.82. The molecule has 2 aromatic rings. The van der Waals surface area contributed by atoms with Crippen molar-refractivity contribution in [2.24, 2.45) is 10.9 Å². The lowest BCUT2D eigenvalue weighted by Gasteiger charge is -2.17. The van der Waals surface area contributed by atoms with Crippen LogP contribution in [0.1, 0.15) is 40.5 Å². The monoisotopic (exact) mass is 336 g/mol. The van der Waals surface area contributed by atoms with E-state index in [0.717, 1.165) is 29.8 Å². The molecule has 0 fully saturated rings. The van der Waals surface area contributed by atoms with Crippen molar-refractivity contribution >= 4 is 22.6 Å². The molecule has 1 aliphatic rings. The van der Waals surface area contributed by atoms with Crippen molar-refractivity contribution in [1.29, 1.82) is 5.26 Å². The molecular weight excluding hydrogens is 316 g/mol. The molecular formula is C20H20N2OS. The quantitative estimate of drug-likeness (QED) is 0.636. The lowest BCUT2D eigenvalue weighted by molar-refractivity contribution is 0.469. The van der Waals surface area contributed by atoms with Crippen LogP contribution in [0.3, 0.4) is 0 Å². The first-order valence-corrected chi connectivity index (χ1v) is 8.96. The second kappa shape index (κ2) is 7.02. The lowest BCUT2D eigenvalue weighted by Crippen LogP contribution is -2.09. The van der Waals surface area contributed by atoms with Gasteiger partial charge in [0, 0.05) is 16.7 Å². The van der Waals surface area contributed by atoms with E-state index in [1.54, 1.807) is 23.6 Å². The van der Waals surface area contributed by atoms with Crippen molar-refractivity contribution in [2.75, 3.05) is 0 Å². The molecule has 0 aliphatic heterocycles. The molecule has 1 aromatic carbocycles. The summed E-state index contributed by atoms with van der Waals surface area (Å²) in [6, 6.07) is 7.92. The fourth-order valence-electron chi connectivity index (χ4n) is 3.11. The number of aliphatic imine (C=N–C) groups is 1. The van der Waals surface area contributed by atoms with Crippen molar-refractivity contribution < 1.29 is 5.11 Å². The van der Waals surface area contributed by atoms with Crippen LogP contribution in [0.25, 0.3) is 0 Å². The minimum Gasteiger partial charge on any atom is -0.507 e. The number of hydrogen-bond acceptors (Lipinski definition) is 4. The number of nitrogens with zero attached hydrogens (tertiary/aromatic N) is 2. The molecule has 0 unspecified atom stereocenters. The first-order valence-electron chi connectivity index (χ1n) is 8.14. The van der Waals surface area contributed by atoms with Gasteiger partial charge in [-0.05, 0) is 48.8 Å². The zero-order chi connectivity index (χ0) is 17.1. The molecule has 122 valence electrons. The fourth-order valence-corrected chi connectivity index (χ4v) is 4.41. The molecule has 1 aliphatic carbocycles. The van der Waals surface area contributed by atoms with E-state index in [4.69, 9.17) is 0 Å². The SMILES string of the molecule is C=CCc1cccc(/C=N/c2sc3c(c2C#N)CC[C@@H](C)C3)c1O. The van der Waals surface area contributed by atoms with Crippen LogP contribution in [0.5, 0.6) is 5.75 Å². The highest BCUT2D eigenvalue weighted by molar-refractivity contribution is 7.16. The number of nitriles is 1. The van der Waals surface area contributed by atoms with E-state index in [-0.39, 0.29) is 5.75 Å². The van der Waals surface area contributed by atoms with E-state index in [9.17, 15) is 10.4 Å². The van der Waals surface area contributed by atoms with Crippen LogP contribution in [0.2, 0.25) is 0 Å². The molecule has 1 aromatic heterocycles. The Balaban J connectivity index is 1.95. The molecule has 1 heterocycles. The summed E-state index contributed by atoms with van der Waals surface area (Å²) in [7, 11) is 0. The Morgan fingerprint density at radius 1 is 1.50 bits per heavy atom. The number of fused-ring (bicyclic) bond motifs is 1. The van der Waals surface area contributed by atoms with Crippen molar-refractivity contribution in [3.8, 4) is 11.8 Å². The number of aromatic hydroxyl groups is 1. The molecule has 0 radical (unpaired) electrons. The third-order valence-electron chi connectivity index (χ3n) is 4.44. The Hall–Kier alpha value is -2.38. The molecule has 3 nitrogen and oxygen atoms in total. The van der Waals surface area contributed by atoms with E-state index < -0.39 is 0 Å². The Labute approximate surface area is 146 Å². The molecule has 0 amide bonds. The zero-order valence-electron chi connectivity index (χ0n) is 13.7. The highest BCUT2D eigenvalue weighted by atomic mass is 32.1. The molecule has 3 rings (SSSR count). The molecule has 0 saturated heterocycles. The van der Waals surface area contributed by atoms with Crippen molar-refractivity contribution in [3.05, 3.63) is 58.0 Å². The number of phenols is 1. The van der Waals surface area contributed by atoms with E-state index >= 15 is 0 Å². The van der Waals surface area contributed by atoms with Gasteiger partial charge < -0.3 is 5.11 Å². The summed E-state index contributed by atoms with van der Waals surface area (Å²) in [5, 5.41) is 20.6. The molecule has 24 heavy (non-hydrogen) atoms. The van der Waals surface area contributed by atoms with Gasteiger partial charge in [-0.15, -0.1) is 17.9 Å². The summed E-state index contributed by atoms with van der Waals surface area (Å²) in [6.45, 7) is 5.96. The second-order valence-electron chi connectivity index (χ2n) is 6.25. The van der Waals surface area contributed by atoms with Crippen molar-refractivity contribution in [2.45, 2.75) is 32.6 Å². The average molecular weight is 336 g/mol. The number of phenolic OH excluding ortho intramolecular Hbond substituents is 1. The third kappa shape index (κ3) is 3.13.